The van der Waals surface area contributed by atoms with E-state index in [0.717, 1.165) is 39.5 Å². The van der Waals surface area contributed by atoms with E-state index in [-0.39, 0.29) is 11.8 Å². The lowest BCUT2D eigenvalue weighted by Gasteiger charge is -2.32. The van der Waals surface area contributed by atoms with Crippen molar-refractivity contribution < 1.29 is 14.3 Å². The number of halogens is 1. The lowest BCUT2D eigenvalue weighted by molar-refractivity contribution is 0.0712. The molecule has 0 atom stereocenters. The van der Waals surface area contributed by atoms with Crippen LogP contribution in [0.2, 0.25) is 0 Å². The maximum Gasteiger partial charge on any atom is 0.253 e. The Labute approximate surface area is 178 Å². The molecule has 6 nitrogen and oxygen atoms in total. The normalized spacial score (nSPS) is 14.8. The number of ether oxygens (including phenoxy) is 2. The van der Waals surface area contributed by atoms with Gasteiger partial charge in [-0.15, -0.1) is 0 Å². The Morgan fingerprint density at radius 1 is 1.03 bits per heavy atom. The van der Waals surface area contributed by atoms with E-state index in [9.17, 15) is 4.79 Å². The summed E-state index contributed by atoms with van der Waals surface area (Å²) < 4.78 is 11.8. The molecule has 1 aromatic heterocycles. The lowest BCUT2D eigenvalue weighted by atomic mass is 9.90. The van der Waals surface area contributed by atoms with E-state index < -0.39 is 0 Å². The standard InChI is InChI=1S/C22H22BrN3O3/c1-28-19-11-17-18(12-20(19)29-2)24-13-25-21(17)14-7-9-26(10-8-14)22(27)15-3-5-16(23)6-4-15/h3-6,11-14H,7-10H2,1-2H3. The van der Waals surface area contributed by atoms with Crippen LogP contribution in [-0.4, -0.2) is 48.1 Å². The topological polar surface area (TPSA) is 64.6 Å². The smallest absolute Gasteiger partial charge is 0.253 e. The van der Waals surface area contributed by atoms with Gasteiger partial charge in [-0.2, -0.15) is 0 Å². The van der Waals surface area contributed by atoms with Crippen LogP contribution in [0.3, 0.4) is 0 Å². The van der Waals surface area contributed by atoms with Crippen LogP contribution in [0.25, 0.3) is 10.9 Å². The second-order valence-electron chi connectivity index (χ2n) is 7.06. The molecule has 2 heterocycles. The third kappa shape index (κ3) is 3.92. The first-order chi connectivity index (χ1) is 14.1. The Morgan fingerprint density at radius 2 is 1.69 bits per heavy atom. The molecule has 3 aromatic rings. The van der Waals surface area contributed by atoms with Gasteiger partial charge in [0, 0.05) is 40.5 Å². The highest BCUT2D eigenvalue weighted by Gasteiger charge is 2.27. The van der Waals surface area contributed by atoms with Gasteiger partial charge < -0.3 is 14.4 Å². The summed E-state index contributed by atoms with van der Waals surface area (Å²) in [4.78, 5) is 23.7. The van der Waals surface area contributed by atoms with Gasteiger partial charge in [0.15, 0.2) is 11.5 Å². The first kappa shape index (κ1) is 19.6. The average molecular weight is 456 g/mol. The molecule has 1 saturated heterocycles. The minimum absolute atomic E-state index is 0.0786. The van der Waals surface area contributed by atoms with Gasteiger partial charge in [0.1, 0.15) is 6.33 Å². The first-order valence-corrected chi connectivity index (χ1v) is 10.3. The van der Waals surface area contributed by atoms with Crippen molar-refractivity contribution in [1.82, 2.24) is 14.9 Å². The van der Waals surface area contributed by atoms with Crippen molar-refractivity contribution in [2.45, 2.75) is 18.8 Å². The number of aromatic nitrogens is 2. The minimum atomic E-state index is 0.0786. The molecule has 29 heavy (non-hydrogen) atoms. The maximum absolute atomic E-state index is 12.8. The third-order valence-electron chi connectivity index (χ3n) is 5.43. The summed E-state index contributed by atoms with van der Waals surface area (Å²) >= 11 is 3.41. The summed E-state index contributed by atoms with van der Waals surface area (Å²) in [5.41, 5.74) is 2.56. The van der Waals surface area contributed by atoms with E-state index in [1.165, 1.54) is 0 Å². The molecule has 150 valence electrons. The Morgan fingerprint density at radius 3 is 2.34 bits per heavy atom. The lowest BCUT2D eigenvalue weighted by Crippen LogP contribution is -2.38. The van der Waals surface area contributed by atoms with Gasteiger partial charge in [-0.05, 0) is 43.2 Å². The predicted molar refractivity (Wildman–Crippen MR) is 115 cm³/mol. The highest BCUT2D eigenvalue weighted by Crippen LogP contribution is 2.36. The number of fused-ring (bicyclic) bond motifs is 1. The average Bonchev–Trinajstić information content (AvgIpc) is 2.77. The zero-order valence-corrected chi connectivity index (χ0v) is 18.0. The largest absolute Gasteiger partial charge is 0.493 e. The Bertz CT molecular complexity index is 1030. The van der Waals surface area contributed by atoms with Crippen LogP contribution in [0.4, 0.5) is 0 Å². The fourth-order valence-corrected chi connectivity index (χ4v) is 4.12. The molecule has 2 aromatic carbocycles. The summed E-state index contributed by atoms with van der Waals surface area (Å²) in [5, 5.41) is 0.975. The van der Waals surface area contributed by atoms with E-state index in [1.807, 2.05) is 41.3 Å². The zero-order valence-electron chi connectivity index (χ0n) is 16.4. The van der Waals surface area contributed by atoms with E-state index in [0.29, 0.717) is 24.6 Å². The molecule has 0 radical (unpaired) electrons. The summed E-state index contributed by atoms with van der Waals surface area (Å²) in [5.74, 6) is 1.67. The van der Waals surface area contributed by atoms with Gasteiger partial charge in [-0.3, -0.25) is 4.79 Å². The Hall–Kier alpha value is -2.67. The Kier molecular flexibility index (Phi) is 5.67. The van der Waals surface area contributed by atoms with Crippen LogP contribution >= 0.6 is 15.9 Å². The molecule has 0 unspecified atom stereocenters. The highest BCUT2D eigenvalue weighted by atomic mass is 79.9. The minimum Gasteiger partial charge on any atom is -0.493 e. The fourth-order valence-electron chi connectivity index (χ4n) is 3.86. The molecule has 1 aliphatic rings. The molecule has 0 bridgehead atoms. The van der Waals surface area contributed by atoms with Gasteiger partial charge in [-0.1, -0.05) is 15.9 Å². The van der Waals surface area contributed by atoms with Crippen molar-refractivity contribution >= 4 is 32.7 Å². The van der Waals surface area contributed by atoms with Crippen molar-refractivity contribution in [2.75, 3.05) is 27.3 Å². The molecule has 0 aliphatic carbocycles. The predicted octanol–water partition coefficient (Wildman–Crippen LogP) is 4.43. The van der Waals surface area contributed by atoms with Crippen molar-refractivity contribution in [3.63, 3.8) is 0 Å². The number of benzene rings is 2. The monoisotopic (exact) mass is 455 g/mol. The number of hydrogen-bond acceptors (Lipinski definition) is 5. The van der Waals surface area contributed by atoms with Crippen LogP contribution in [0.15, 0.2) is 47.2 Å². The molecule has 4 rings (SSSR count). The van der Waals surface area contributed by atoms with Crippen LogP contribution in [0, 0.1) is 0 Å². The van der Waals surface area contributed by atoms with Gasteiger partial charge >= 0.3 is 0 Å². The molecular weight excluding hydrogens is 434 g/mol. The van der Waals surface area contributed by atoms with E-state index in [2.05, 4.69) is 25.9 Å². The van der Waals surface area contributed by atoms with Crippen LogP contribution in [-0.2, 0) is 0 Å². The number of rotatable bonds is 4. The van der Waals surface area contributed by atoms with Crippen LogP contribution in [0.5, 0.6) is 11.5 Å². The summed E-state index contributed by atoms with van der Waals surface area (Å²) in [7, 11) is 3.24. The van der Waals surface area contributed by atoms with Crippen molar-refractivity contribution in [1.29, 1.82) is 0 Å². The number of carbonyl (C=O) groups excluding carboxylic acids is 1. The molecule has 1 aliphatic heterocycles. The van der Waals surface area contributed by atoms with Crippen molar-refractivity contribution in [3.8, 4) is 11.5 Å². The molecule has 0 N–H and O–H groups in total. The van der Waals surface area contributed by atoms with E-state index in [1.54, 1.807) is 20.5 Å². The molecule has 1 amide bonds. The number of methoxy groups -OCH3 is 2. The molecule has 1 fully saturated rings. The highest BCUT2D eigenvalue weighted by molar-refractivity contribution is 9.10. The second kappa shape index (κ2) is 8.37. The zero-order chi connectivity index (χ0) is 20.4. The fraction of sp³-hybridized carbons (Fsp3) is 0.318. The second-order valence-corrected chi connectivity index (χ2v) is 7.97. The van der Waals surface area contributed by atoms with E-state index >= 15 is 0 Å². The number of hydrogen-bond donors (Lipinski definition) is 0. The molecule has 0 spiro atoms. The number of nitrogens with zero attached hydrogens (tertiary/aromatic N) is 3. The number of carbonyl (C=O) groups is 1. The summed E-state index contributed by atoms with van der Waals surface area (Å²) in [6.07, 6.45) is 3.33. The molecule has 7 heteroatoms. The number of likely N-dealkylation sites (tertiary alicyclic amines) is 1. The van der Waals surface area contributed by atoms with Crippen molar-refractivity contribution in [3.05, 3.63) is 58.5 Å². The molecule has 0 saturated carbocycles. The van der Waals surface area contributed by atoms with Gasteiger partial charge in [-0.25, -0.2) is 9.97 Å². The summed E-state index contributed by atoms with van der Waals surface area (Å²) in [6.45, 7) is 1.41. The maximum atomic E-state index is 12.8. The Balaban J connectivity index is 1.54. The van der Waals surface area contributed by atoms with Crippen LogP contribution < -0.4 is 9.47 Å². The summed E-state index contributed by atoms with van der Waals surface area (Å²) in [6, 6.07) is 11.3. The SMILES string of the molecule is COc1cc2ncnc(C3CCN(C(=O)c4ccc(Br)cc4)CC3)c2cc1OC. The first-order valence-electron chi connectivity index (χ1n) is 9.52. The van der Waals surface area contributed by atoms with Gasteiger partial charge in [0.2, 0.25) is 0 Å². The number of amides is 1. The quantitative estimate of drug-likeness (QED) is 0.581. The molecular formula is C22H22BrN3O3. The van der Waals surface area contributed by atoms with Gasteiger partial charge in [0.25, 0.3) is 5.91 Å². The van der Waals surface area contributed by atoms with Crippen molar-refractivity contribution in [2.24, 2.45) is 0 Å². The van der Waals surface area contributed by atoms with Gasteiger partial charge in [0.05, 0.1) is 25.4 Å². The third-order valence-corrected chi connectivity index (χ3v) is 5.96. The van der Waals surface area contributed by atoms with E-state index in [4.69, 9.17) is 9.47 Å². The number of piperidine rings is 1. The van der Waals surface area contributed by atoms with Crippen LogP contribution in [0.1, 0.15) is 34.8 Å².